The lowest BCUT2D eigenvalue weighted by Gasteiger charge is -2.27. The number of carbonyl (C=O) groups excluding carboxylic acids is 1. The van der Waals surface area contributed by atoms with Crippen LogP contribution in [0.1, 0.15) is 42.5 Å². The first-order valence-electron chi connectivity index (χ1n) is 7.24. The Bertz CT molecular complexity index is 600. The normalized spacial score (nSPS) is 10.9. The van der Waals surface area contributed by atoms with Gasteiger partial charge in [0.05, 0.1) is 11.8 Å². The van der Waals surface area contributed by atoms with Crippen molar-refractivity contribution in [2.24, 2.45) is 0 Å². The van der Waals surface area contributed by atoms with Gasteiger partial charge in [0.25, 0.3) is 5.91 Å². The Kier molecular flexibility index (Phi) is 4.68. The number of benzene rings is 1. The number of anilines is 1. The molecule has 0 aliphatic rings. The summed E-state index contributed by atoms with van der Waals surface area (Å²) in [7, 11) is 0. The zero-order valence-corrected chi connectivity index (χ0v) is 12.8. The Balaban J connectivity index is 2.22. The van der Waals surface area contributed by atoms with Crippen molar-refractivity contribution in [3.63, 3.8) is 0 Å². The van der Waals surface area contributed by atoms with Crippen LogP contribution < -0.4 is 5.73 Å². The fraction of sp³-hybridized carbons (Fsp3) is 0.353. The number of aryl methyl sites for hydroxylation is 1. The van der Waals surface area contributed by atoms with Gasteiger partial charge in [0.15, 0.2) is 0 Å². The second-order valence-corrected chi connectivity index (χ2v) is 5.38. The molecule has 0 bridgehead atoms. The molecular formula is C17H22N2O2. The molecule has 1 aromatic carbocycles. The highest BCUT2D eigenvalue weighted by molar-refractivity contribution is 5.95. The number of amides is 1. The Morgan fingerprint density at radius 3 is 2.48 bits per heavy atom. The van der Waals surface area contributed by atoms with Gasteiger partial charge in [-0.15, -0.1) is 0 Å². The van der Waals surface area contributed by atoms with Crippen LogP contribution in [0.25, 0.3) is 0 Å². The maximum absolute atomic E-state index is 12.7. The van der Waals surface area contributed by atoms with Crippen LogP contribution in [0.4, 0.5) is 5.69 Å². The predicted octanol–water partition coefficient (Wildman–Crippen LogP) is 3.48. The maximum Gasteiger partial charge on any atom is 0.257 e. The van der Waals surface area contributed by atoms with E-state index in [1.807, 2.05) is 49.9 Å². The van der Waals surface area contributed by atoms with Crippen LogP contribution in [-0.2, 0) is 13.0 Å². The summed E-state index contributed by atoms with van der Waals surface area (Å²) in [5.74, 6) is 0.746. The Labute approximate surface area is 125 Å². The summed E-state index contributed by atoms with van der Waals surface area (Å²) in [4.78, 5) is 14.6. The molecule has 0 aliphatic heterocycles. The first kappa shape index (κ1) is 15.2. The molecule has 1 amide bonds. The number of hydrogen-bond acceptors (Lipinski definition) is 3. The summed E-state index contributed by atoms with van der Waals surface area (Å²) in [6.45, 7) is 6.57. The van der Waals surface area contributed by atoms with Crippen molar-refractivity contribution in [3.05, 3.63) is 53.5 Å². The van der Waals surface area contributed by atoms with Crippen LogP contribution >= 0.6 is 0 Å². The van der Waals surface area contributed by atoms with Crippen molar-refractivity contribution < 1.29 is 9.21 Å². The molecule has 0 saturated heterocycles. The van der Waals surface area contributed by atoms with Crippen LogP contribution in [0, 0.1) is 0 Å². The van der Waals surface area contributed by atoms with Crippen molar-refractivity contribution in [2.45, 2.75) is 39.8 Å². The van der Waals surface area contributed by atoms with E-state index in [0.717, 1.165) is 17.0 Å². The molecule has 2 aromatic rings. The highest BCUT2D eigenvalue weighted by Crippen LogP contribution is 2.18. The van der Waals surface area contributed by atoms with Gasteiger partial charge in [0.2, 0.25) is 0 Å². The van der Waals surface area contributed by atoms with Gasteiger partial charge >= 0.3 is 0 Å². The van der Waals surface area contributed by atoms with Crippen LogP contribution in [0.15, 0.2) is 41.0 Å². The molecule has 0 spiro atoms. The molecule has 1 aromatic heterocycles. The van der Waals surface area contributed by atoms with E-state index in [1.54, 1.807) is 12.3 Å². The fourth-order valence-electron chi connectivity index (χ4n) is 2.27. The van der Waals surface area contributed by atoms with E-state index in [4.69, 9.17) is 10.2 Å². The minimum atomic E-state index is 0.00688. The number of nitrogens with zero attached hydrogens (tertiary/aromatic N) is 1. The SMILES string of the molecule is CCc1occc1C(=O)N(Cc1ccc(N)cc1)C(C)C. The second kappa shape index (κ2) is 6.48. The van der Waals surface area contributed by atoms with Gasteiger partial charge in [-0.1, -0.05) is 19.1 Å². The highest BCUT2D eigenvalue weighted by Gasteiger charge is 2.22. The lowest BCUT2D eigenvalue weighted by atomic mass is 10.1. The van der Waals surface area contributed by atoms with Crippen molar-refractivity contribution >= 4 is 11.6 Å². The van der Waals surface area contributed by atoms with Crippen LogP contribution in [-0.4, -0.2) is 16.8 Å². The van der Waals surface area contributed by atoms with Crippen molar-refractivity contribution in [1.29, 1.82) is 0 Å². The van der Waals surface area contributed by atoms with Gasteiger partial charge in [-0.3, -0.25) is 4.79 Å². The molecule has 4 heteroatoms. The molecule has 2 N–H and O–H groups in total. The van der Waals surface area contributed by atoms with Gasteiger partial charge in [0.1, 0.15) is 5.76 Å². The number of nitrogens with two attached hydrogens (primary N) is 1. The highest BCUT2D eigenvalue weighted by atomic mass is 16.3. The van der Waals surface area contributed by atoms with Gasteiger partial charge in [0, 0.05) is 24.7 Å². The molecule has 0 unspecified atom stereocenters. The van der Waals surface area contributed by atoms with Crippen molar-refractivity contribution in [2.75, 3.05) is 5.73 Å². The first-order valence-corrected chi connectivity index (χ1v) is 7.24. The van der Waals surface area contributed by atoms with E-state index in [-0.39, 0.29) is 11.9 Å². The quantitative estimate of drug-likeness (QED) is 0.856. The van der Waals surface area contributed by atoms with E-state index in [9.17, 15) is 4.79 Å². The molecule has 1 heterocycles. The van der Waals surface area contributed by atoms with E-state index >= 15 is 0 Å². The van der Waals surface area contributed by atoms with Crippen LogP contribution in [0.2, 0.25) is 0 Å². The van der Waals surface area contributed by atoms with E-state index < -0.39 is 0 Å². The summed E-state index contributed by atoms with van der Waals surface area (Å²) in [5, 5.41) is 0. The topological polar surface area (TPSA) is 59.5 Å². The molecule has 0 saturated carbocycles. The number of rotatable bonds is 5. The average Bonchev–Trinajstić information content (AvgIpc) is 2.94. The summed E-state index contributed by atoms with van der Waals surface area (Å²) in [5.41, 5.74) is 8.14. The minimum Gasteiger partial charge on any atom is -0.469 e. The third-order valence-corrected chi connectivity index (χ3v) is 3.51. The average molecular weight is 286 g/mol. The summed E-state index contributed by atoms with van der Waals surface area (Å²) in [6.07, 6.45) is 2.29. The Morgan fingerprint density at radius 2 is 1.90 bits per heavy atom. The lowest BCUT2D eigenvalue weighted by Crippen LogP contribution is -2.36. The monoisotopic (exact) mass is 286 g/mol. The first-order chi connectivity index (χ1) is 10.0. The number of furan rings is 1. The third-order valence-electron chi connectivity index (χ3n) is 3.51. The fourth-order valence-corrected chi connectivity index (χ4v) is 2.27. The molecule has 0 aliphatic carbocycles. The van der Waals surface area contributed by atoms with Gasteiger partial charge < -0.3 is 15.1 Å². The number of hydrogen-bond donors (Lipinski definition) is 1. The van der Waals surface area contributed by atoms with E-state index in [1.165, 1.54) is 0 Å². The largest absolute Gasteiger partial charge is 0.469 e. The standard InChI is InChI=1S/C17H22N2O2/c1-4-16-15(9-10-21-16)17(20)19(12(2)3)11-13-5-7-14(18)8-6-13/h5-10,12H,4,11,18H2,1-3H3. The Hall–Kier alpha value is -2.23. The molecule has 21 heavy (non-hydrogen) atoms. The third kappa shape index (κ3) is 3.45. The maximum atomic E-state index is 12.7. The molecule has 112 valence electrons. The van der Waals surface area contributed by atoms with Crippen molar-refractivity contribution in [1.82, 2.24) is 4.90 Å². The van der Waals surface area contributed by atoms with Gasteiger partial charge in [-0.05, 0) is 37.6 Å². The van der Waals surface area contributed by atoms with Crippen molar-refractivity contribution in [3.8, 4) is 0 Å². The second-order valence-electron chi connectivity index (χ2n) is 5.38. The molecule has 0 atom stereocenters. The smallest absolute Gasteiger partial charge is 0.257 e. The number of nitrogen functional groups attached to an aromatic ring is 1. The number of carbonyl (C=O) groups is 1. The predicted molar refractivity (Wildman–Crippen MR) is 83.9 cm³/mol. The Morgan fingerprint density at radius 1 is 1.24 bits per heavy atom. The zero-order chi connectivity index (χ0) is 15.4. The molecule has 2 rings (SSSR count). The molecule has 4 nitrogen and oxygen atoms in total. The molecule has 0 fully saturated rings. The lowest BCUT2D eigenvalue weighted by molar-refractivity contribution is 0.0688. The van der Waals surface area contributed by atoms with Gasteiger partial charge in [-0.2, -0.15) is 0 Å². The molecule has 0 radical (unpaired) electrons. The summed E-state index contributed by atoms with van der Waals surface area (Å²) >= 11 is 0. The summed E-state index contributed by atoms with van der Waals surface area (Å²) < 4.78 is 5.37. The zero-order valence-electron chi connectivity index (χ0n) is 12.8. The van der Waals surface area contributed by atoms with Crippen LogP contribution in [0.5, 0.6) is 0 Å². The molecular weight excluding hydrogens is 264 g/mol. The minimum absolute atomic E-state index is 0.00688. The van der Waals surface area contributed by atoms with E-state index in [0.29, 0.717) is 18.5 Å². The van der Waals surface area contributed by atoms with E-state index in [2.05, 4.69) is 0 Å². The summed E-state index contributed by atoms with van der Waals surface area (Å²) in [6, 6.07) is 9.47. The van der Waals surface area contributed by atoms with Crippen LogP contribution in [0.3, 0.4) is 0 Å². The van der Waals surface area contributed by atoms with Gasteiger partial charge in [-0.25, -0.2) is 0 Å².